The number of imide groups is 2. The highest BCUT2D eigenvalue weighted by Gasteiger charge is 2.37. The van der Waals surface area contributed by atoms with Crippen molar-refractivity contribution in [2.45, 2.75) is 11.8 Å². The van der Waals surface area contributed by atoms with Gasteiger partial charge in [-0.2, -0.15) is 8.42 Å². The van der Waals surface area contributed by atoms with E-state index in [1.54, 1.807) is 42.5 Å². The minimum atomic E-state index is -4.30. The van der Waals surface area contributed by atoms with E-state index in [9.17, 15) is 32.9 Å². The average Bonchev–Trinajstić information content (AvgIpc) is 2.92. The molecule has 1 N–H and O–H groups in total. The molecule has 1 heterocycles. The number of hydrogen-bond acceptors (Lipinski definition) is 8. The van der Waals surface area contributed by atoms with E-state index in [-0.39, 0.29) is 27.6 Å². The van der Waals surface area contributed by atoms with E-state index < -0.39 is 38.5 Å². The van der Waals surface area contributed by atoms with Crippen molar-refractivity contribution in [2.75, 3.05) is 4.90 Å². The maximum atomic E-state index is 13.4. The number of anilines is 1. The van der Waals surface area contributed by atoms with Crippen LogP contribution in [0.3, 0.4) is 0 Å². The van der Waals surface area contributed by atoms with E-state index in [4.69, 9.17) is 4.18 Å². The van der Waals surface area contributed by atoms with Crippen LogP contribution in [-0.2, 0) is 19.7 Å². The number of amides is 4. The van der Waals surface area contributed by atoms with Crippen molar-refractivity contribution in [1.82, 2.24) is 5.32 Å². The normalized spacial score (nSPS) is 14.9. The summed E-state index contributed by atoms with van der Waals surface area (Å²) in [6.45, 7) is 1.81. The van der Waals surface area contributed by atoms with Crippen LogP contribution in [0.4, 0.5) is 16.2 Å². The fourth-order valence-electron chi connectivity index (χ4n) is 4.13. The number of aryl methyl sites for hydroxylation is 1. The number of carbonyl (C=O) groups is 3. The highest BCUT2D eigenvalue weighted by Crippen LogP contribution is 2.34. The van der Waals surface area contributed by atoms with Crippen LogP contribution in [0.2, 0.25) is 0 Å². The Kier molecular flexibility index (Phi) is 6.61. The molecule has 11 nitrogen and oxygen atoms in total. The quantitative estimate of drug-likeness (QED) is 0.120. The third-order valence-electron chi connectivity index (χ3n) is 6.15. The van der Waals surface area contributed by atoms with Crippen LogP contribution < -0.4 is 14.4 Å². The van der Waals surface area contributed by atoms with Crippen LogP contribution in [0.5, 0.6) is 5.75 Å². The molecule has 0 aliphatic carbocycles. The fraction of sp³-hybridized carbons (Fsp3) is 0.0357. The molecule has 40 heavy (non-hydrogen) atoms. The summed E-state index contributed by atoms with van der Waals surface area (Å²) >= 11 is 0. The summed E-state index contributed by atoms with van der Waals surface area (Å²) in [5.74, 6) is -2.16. The Morgan fingerprint density at radius 2 is 1.57 bits per heavy atom. The van der Waals surface area contributed by atoms with Crippen molar-refractivity contribution in [3.05, 3.63) is 112 Å². The van der Waals surface area contributed by atoms with Gasteiger partial charge in [-0.05, 0) is 54.1 Å². The molecule has 200 valence electrons. The largest absolute Gasteiger partial charge is 0.378 e. The molecule has 4 amide bonds. The van der Waals surface area contributed by atoms with E-state index in [1.807, 2.05) is 6.92 Å². The number of carbonyl (C=O) groups excluding carboxylic acids is 3. The number of non-ortho nitro benzene ring substituents is 1. The van der Waals surface area contributed by atoms with Gasteiger partial charge in [0.15, 0.2) is 5.75 Å². The number of nitrogens with one attached hydrogen (secondary N) is 1. The van der Waals surface area contributed by atoms with E-state index >= 15 is 0 Å². The fourth-order valence-corrected chi connectivity index (χ4v) is 5.08. The SMILES string of the molecule is Cc1ccc(S(=O)(=O)Oc2ccc3ccccc3c2/C=C2\C(=O)NC(=O)N(c3ccc([N+](=O)[O-])cc3)C2=O)cc1. The predicted molar refractivity (Wildman–Crippen MR) is 145 cm³/mol. The molecule has 1 aliphatic rings. The van der Waals surface area contributed by atoms with E-state index in [0.717, 1.165) is 23.8 Å². The van der Waals surface area contributed by atoms with Crippen LogP contribution in [0, 0.1) is 17.0 Å². The topological polar surface area (TPSA) is 153 Å². The minimum Gasteiger partial charge on any atom is -0.378 e. The lowest BCUT2D eigenvalue weighted by Crippen LogP contribution is -2.54. The van der Waals surface area contributed by atoms with E-state index in [1.165, 1.54) is 30.3 Å². The number of nitro benzene ring substituents is 1. The van der Waals surface area contributed by atoms with Crippen molar-refractivity contribution in [3.8, 4) is 5.75 Å². The first-order chi connectivity index (χ1) is 19.0. The summed E-state index contributed by atoms with van der Waals surface area (Å²) < 4.78 is 31.7. The van der Waals surface area contributed by atoms with Gasteiger partial charge in [0.25, 0.3) is 17.5 Å². The number of rotatable bonds is 6. The zero-order valence-electron chi connectivity index (χ0n) is 20.7. The van der Waals surface area contributed by atoms with Crippen molar-refractivity contribution in [2.24, 2.45) is 0 Å². The van der Waals surface area contributed by atoms with Gasteiger partial charge in [0.05, 0.1) is 10.6 Å². The Morgan fingerprint density at radius 1 is 0.900 bits per heavy atom. The van der Waals surface area contributed by atoms with Gasteiger partial charge in [0, 0.05) is 17.7 Å². The molecule has 4 aromatic rings. The highest BCUT2D eigenvalue weighted by molar-refractivity contribution is 7.87. The van der Waals surface area contributed by atoms with E-state index in [2.05, 4.69) is 5.32 Å². The molecule has 0 spiro atoms. The Bertz CT molecular complexity index is 1850. The molecule has 0 bridgehead atoms. The number of nitro groups is 1. The second-order valence-electron chi connectivity index (χ2n) is 8.78. The average molecular weight is 558 g/mol. The summed E-state index contributed by atoms with van der Waals surface area (Å²) in [6.07, 6.45) is 1.16. The first-order valence-electron chi connectivity index (χ1n) is 11.7. The molecule has 0 saturated carbocycles. The Hall–Kier alpha value is -5.36. The number of benzene rings is 4. The van der Waals surface area contributed by atoms with Gasteiger partial charge in [0.1, 0.15) is 10.5 Å². The third-order valence-corrected chi connectivity index (χ3v) is 7.40. The summed E-state index contributed by atoms with van der Waals surface area (Å²) in [6, 6.07) is 19.5. The molecule has 5 rings (SSSR count). The smallest absolute Gasteiger partial charge is 0.339 e. The van der Waals surface area contributed by atoms with Crippen LogP contribution in [-0.4, -0.2) is 31.2 Å². The summed E-state index contributed by atoms with van der Waals surface area (Å²) in [5, 5.41) is 14.2. The van der Waals surface area contributed by atoms with Gasteiger partial charge >= 0.3 is 16.1 Å². The summed E-state index contributed by atoms with van der Waals surface area (Å²) in [7, 11) is -4.30. The van der Waals surface area contributed by atoms with Crippen LogP contribution in [0.15, 0.2) is 95.4 Å². The lowest BCUT2D eigenvalue weighted by molar-refractivity contribution is -0.384. The van der Waals surface area contributed by atoms with Crippen LogP contribution >= 0.6 is 0 Å². The van der Waals surface area contributed by atoms with E-state index in [0.29, 0.717) is 15.7 Å². The number of fused-ring (bicyclic) bond motifs is 1. The van der Waals surface area contributed by atoms with Gasteiger partial charge in [-0.3, -0.25) is 25.0 Å². The molecular formula is C28H19N3O8S. The maximum Gasteiger partial charge on any atom is 0.339 e. The molecule has 1 saturated heterocycles. The lowest BCUT2D eigenvalue weighted by Gasteiger charge is -2.26. The molecular weight excluding hydrogens is 538 g/mol. The maximum absolute atomic E-state index is 13.4. The monoisotopic (exact) mass is 557 g/mol. The summed E-state index contributed by atoms with van der Waals surface area (Å²) in [4.78, 5) is 49.8. The van der Waals surface area contributed by atoms with Crippen LogP contribution in [0.1, 0.15) is 11.1 Å². The van der Waals surface area contributed by atoms with Crippen molar-refractivity contribution in [1.29, 1.82) is 0 Å². The standard InChI is InChI=1S/C28H19N3O8S/c1-17-6-13-21(14-7-17)40(37,38)39-25-15-8-18-4-2-3-5-22(18)23(25)16-24-26(32)29-28(34)30(27(24)33)19-9-11-20(12-10-19)31(35)36/h2-16H,1H3,(H,29,32,34)/b24-16+. The zero-order valence-corrected chi connectivity index (χ0v) is 21.5. The number of hydrogen-bond donors (Lipinski definition) is 1. The highest BCUT2D eigenvalue weighted by atomic mass is 32.2. The molecule has 4 aromatic carbocycles. The number of nitrogens with zero attached hydrogens (tertiary/aromatic N) is 2. The van der Waals surface area contributed by atoms with Gasteiger partial charge in [-0.25, -0.2) is 9.69 Å². The van der Waals surface area contributed by atoms with Crippen molar-refractivity contribution >= 4 is 56.2 Å². The lowest BCUT2D eigenvalue weighted by atomic mass is 10.00. The number of urea groups is 1. The van der Waals surface area contributed by atoms with Gasteiger partial charge < -0.3 is 4.18 Å². The first-order valence-corrected chi connectivity index (χ1v) is 13.1. The Labute approximate surface area is 227 Å². The molecule has 1 fully saturated rings. The molecule has 12 heteroatoms. The molecule has 0 radical (unpaired) electrons. The molecule has 1 aliphatic heterocycles. The minimum absolute atomic E-state index is 0.0113. The second-order valence-corrected chi connectivity index (χ2v) is 10.3. The zero-order chi connectivity index (χ0) is 28.6. The predicted octanol–water partition coefficient (Wildman–Crippen LogP) is 4.49. The van der Waals surface area contributed by atoms with Crippen molar-refractivity contribution < 1.29 is 31.9 Å². The molecule has 0 atom stereocenters. The van der Waals surface area contributed by atoms with Crippen molar-refractivity contribution in [3.63, 3.8) is 0 Å². The molecule has 0 unspecified atom stereocenters. The third kappa shape index (κ3) is 4.90. The summed E-state index contributed by atoms with van der Waals surface area (Å²) in [5.41, 5.74) is 0.219. The second kappa shape index (κ2) is 10.1. The Morgan fingerprint density at radius 3 is 2.25 bits per heavy atom. The van der Waals surface area contributed by atoms with Crippen LogP contribution in [0.25, 0.3) is 16.8 Å². The Balaban J connectivity index is 1.62. The molecule has 0 aromatic heterocycles. The first kappa shape index (κ1) is 26.3. The number of barbiturate groups is 1. The van der Waals surface area contributed by atoms with Gasteiger partial charge in [-0.15, -0.1) is 0 Å². The van der Waals surface area contributed by atoms with Gasteiger partial charge in [-0.1, -0.05) is 48.0 Å². The van der Waals surface area contributed by atoms with Gasteiger partial charge in [0.2, 0.25) is 0 Å².